The summed E-state index contributed by atoms with van der Waals surface area (Å²) in [5.41, 5.74) is 16.3. The summed E-state index contributed by atoms with van der Waals surface area (Å²) in [4.78, 5) is 2.51. The lowest BCUT2D eigenvalue weighted by Crippen LogP contribution is -2.12. The van der Waals surface area contributed by atoms with Gasteiger partial charge in [-0.2, -0.15) is 0 Å². The van der Waals surface area contributed by atoms with Gasteiger partial charge in [0.05, 0.1) is 22.4 Å². The summed E-state index contributed by atoms with van der Waals surface area (Å²) >= 11 is 1.88. The Morgan fingerprint density at radius 3 is 1.67 bits per heavy atom. The lowest BCUT2D eigenvalue weighted by molar-refractivity contribution is 1.18. The molecule has 0 amide bonds. The Balaban J connectivity index is 1.09. The number of hydrogen-bond acceptors (Lipinski definition) is 2. The van der Waals surface area contributed by atoms with Gasteiger partial charge in [-0.15, -0.1) is 11.3 Å². The fraction of sp³-hybridized carbons (Fsp3) is 0. The molecule has 0 saturated heterocycles. The molecule has 0 spiro atoms. The maximum atomic E-state index is 2.51. The van der Waals surface area contributed by atoms with Crippen molar-refractivity contribution in [2.24, 2.45) is 0 Å². The van der Waals surface area contributed by atoms with Gasteiger partial charge in [0.25, 0.3) is 0 Å². The van der Waals surface area contributed by atoms with Crippen LogP contribution in [0.2, 0.25) is 0 Å². The first-order valence-electron chi connectivity index (χ1n) is 22.9. The van der Waals surface area contributed by atoms with Gasteiger partial charge in [0.2, 0.25) is 0 Å². The highest BCUT2D eigenvalue weighted by Crippen LogP contribution is 2.50. The van der Waals surface area contributed by atoms with E-state index in [2.05, 4.69) is 264 Å². The Bertz CT molecular complexity index is 3990. The molecule has 0 atom stereocenters. The Hall–Kier alpha value is -8.50. The molecule has 13 aromatic rings. The van der Waals surface area contributed by atoms with Crippen LogP contribution < -0.4 is 4.90 Å². The van der Waals surface area contributed by atoms with Crippen LogP contribution in [0.3, 0.4) is 0 Å². The second kappa shape index (κ2) is 16.2. The van der Waals surface area contributed by atoms with E-state index >= 15 is 0 Å². The van der Waals surface area contributed by atoms with Crippen LogP contribution in [0.1, 0.15) is 0 Å². The molecule has 2 heterocycles. The number of aromatic nitrogens is 1. The van der Waals surface area contributed by atoms with Crippen molar-refractivity contribution in [3.63, 3.8) is 0 Å². The third kappa shape index (κ3) is 6.47. The standard InChI is InChI=1S/C64H42N2S/c1-3-20-43(21-4-1)48-32-16-22-44-23-17-34-54(62(44)48)50-28-7-11-38-58(50)65(59-39-12-9-30-52(59)56-36-19-37-57-53-31-10-14-41-61(53)67-64(56)57)47-27-15-24-45(42-47)49-33-18-35-55-51-29-8-13-40-60(51)66(63(49)55)46-25-5-2-6-26-46/h1-42H. The second-order valence-corrected chi connectivity index (χ2v) is 18.2. The van der Waals surface area contributed by atoms with Gasteiger partial charge in [-0.3, -0.25) is 0 Å². The van der Waals surface area contributed by atoms with Gasteiger partial charge in [0.15, 0.2) is 0 Å². The molecular formula is C64H42N2S. The second-order valence-electron chi connectivity index (χ2n) is 17.2. The van der Waals surface area contributed by atoms with E-state index in [-0.39, 0.29) is 0 Å². The molecule has 67 heavy (non-hydrogen) atoms. The molecular weight excluding hydrogens is 829 g/mol. The highest BCUT2D eigenvalue weighted by molar-refractivity contribution is 7.26. The van der Waals surface area contributed by atoms with Crippen LogP contribution in [0.15, 0.2) is 255 Å². The smallest absolute Gasteiger partial charge is 0.0619 e. The maximum Gasteiger partial charge on any atom is 0.0619 e. The number of thiophene rings is 1. The molecule has 0 bridgehead atoms. The van der Waals surface area contributed by atoms with Gasteiger partial charge in [0.1, 0.15) is 0 Å². The third-order valence-corrected chi connectivity index (χ3v) is 14.6. The molecule has 0 N–H and O–H groups in total. The molecule has 0 aliphatic carbocycles. The normalized spacial score (nSPS) is 11.6. The van der Waals surface area contributed by atoms with E-state index in [1.165, 1.54) is 86.1 Å². The van der Waals surface area contributed by atoms with Crippen LogP contribution in [-0.2, 0) is 0 Å². The first-order valence-corrected chi connectivity index (χ1v) is 23.7. The third-order valence-electron chi connectivity index (χ3n) is 13.4. The largest absolute Gasteiger partial charge is 0.309 e. The molecule has 0 unspecified atom stereocenters. The minimum Gasteiger partial charge on any atom is -0.309 e. The number of hydrogen-bond donors (Lipinski definition) is 0. The van der Waals surface area contributed by atoms with Crippen molar-refractivity contribution in [2.45, 2.75) is 0 Å². The molecule has 2 aromatic heterocycles. The molecule has 3 heteroatoms. The molecule has 314 valence electrons. The van der Waals surface area contributed by atoms with Crippen molar-refractivity contribution in [3.8, 4) is 50.2 Å². The highest BCUT2D eigenvalue weighted by atomic mass is 32.1. The predicted octanol–water partition coefficient (Wildman–Crippen LogP) is 18.4. The number of para-hydroxylation sites is 5. The molecule has 0 aliphatic heterocycles. The first-order chi connectivity index (χ1) is 33.3. The lowest BCUT2D eigenvalue weighted by atomic mass is 9.90. The van der Waals surface area contributed by atoms with Gasteiger partial charge in [-0.1, -0.05) is 206 Å². The molecule has 11 aromatic carbocycles. The average Bonchev–Trinajstić information content (AvgIpc) is 3.96. The Labute approximate surface area is 393 Å². The zero-order chi connectivity index (χ0) is 44.3. The van der Waals surface area contributed by atoms with E-state index in [4.69, 9.17) is 0 Å². The van der Waals surface area contributed by atoms with Crippen LogP contribution in [-0.4, -0.2) is 4.57 Å². The van der Waals surface area contributed by atoms with Crippen molar-refractivity contribution in [2.75, 3.05) is 4.90 Å². The van der Waals surface area contributed by atoms with Crippen LogP contribution in [0.5, 0.6) is 0 Å². The van der Waals surface area contributed by atoms with E-state index < -0.39 is 0 Å². The Morgan fingerprint density at radius 1 is 0.343 bits per heavy atom. The molecule has 0 fully saturated rings. The summed E-state index contributed by atoms with van der Waals surface area (Å²) in [6.07, 6.45) is 0. The molecule has 0 radical (unpaired) electrons. The van der Waals surface area contributed by atoms with Crippen molar-refractivity contribution in [3.05, 3.63) is 255 Å². The number of benzene rings is 11. The average molecular weight is 871 g/mol. The lowest BCUT2D eigenvalue weighted by Gasteiger charge is -2.30. The van der Waals surface area contributed by atoms with Crippen LogP contribution in [0.4, 0.5) is 17.1 Å². The maximum absolute atomic E-state index is 2.51. The topological polar surface area (TPSA) is 8.17 Å². The molecule has 0 saturated carbocycles. The summed E-state index contributed by atoms with van der Waals surface area (Å²) < 4.78 is 5.02. The highest BCUT2D eigenvalue weighted by Gasteiger charge is 2.24. The monoisotopic (exact) mass is 870 g/mol. The van der Waals surface area contributed by atoms with Gasteiger partial charge >= 0.3 is 0 Å². The Kier molecular flexibility index (Phi) is 9.40. The summed E-state index contributed by atoms with van der Waals surface area (Å²) in [5.74, 6) is 0. The zero-order valence-corrected chi connectivity index (χ0v) is 37.4. The fourth-order valence-electron chi connectivity index (χ4n) is 10.5. The molecule has 2 nitrogen and oxygen atoms in total. The van der Waals surface area contributed by atoms with Crippen molar-refractivity contribution < 1.29 is 0 Å². The fourth-order valence-corrected chi connectivity index (χ4v) is 11.7. The van der Waals surface area contributed by atoms with E-state index in [9.17, 15) is 0 Å². The first kappa shape index (κ1) is 38.9. The summed E-state index contributed by atoms with van der Waals surface area (Å²) in [6.45, 7) is 0. The number of fused-ring (bicyclic) bond motifs is 7. The van der Waals surface area contributed by atoms with Crippen LogP contribution in [0, 0.1) is 0 Å². The van der Waals surface area contributed by atoms with E-state index in [1.807, 2.05) is 11.3 Å². The van der Waals surface area contributed by atoms with Crippen molar-refractivity contribution >= 4 is 81.1 Å². The predicted molar refractivity (Wildman–Crippen MR) is 288 cm³/mol. The van der Waals surface area contributed by atoms with Gasteiger partial charge < -0.3 is 9.47 Å². The minimum absolute atomic E-state index is 1.07. The zero-order valence-electron chi connectivity index (χ0n) is 36.6. The summed E-state index contributed by atoms with van der Waals surface area (Å²) in [5, 5.41) is 7.50. The van der Waals surface area contributed by atoms with Gasteiger partial charge in [-0.25, -0.2) is 0 Å². The van der Waals surface area contributed by atoms with Gasteiger partial charge in [0, 0.05) is 64.6 Å². The van der Waals surface area contributed by atoms with Crippen LogP contribution >= 0.6 is 11.3 Å². The van der Waals surface area contributed by atoms with E-state index in [0.717, 1.165) is 33.9 Å². The van der Waals surface area contributed by atoms with E-state index in [0.29, 0.717) is 0 Å². The van der Waals surface area contributed by atoms with Crippen molar-refractivity contribution in [1.29, 1.82) is 0 Å². The molecule has 13 rings (SSSR count). The van der Waals surface area contributed by atoms with Crippen molar-refractivity contribution in [1.82, 2.24) is 4.57 Å². The summed E-state index contributed by atoms with van der Waals surface area (Å²) in [6, 6.07) is 93.3. The Morgan fingerprint density at radius 2 is 0.881 bits per heavy atom. The minimum atomic E-state index is 1.07. The van der Waals surface area contributed by atoms with Gasteiger partial charge in [-0.05, 0) is 81.6 Å². The number of anilines is 3. The van der Waals surface area contributed by atoms with Crippen LogP contribution in [0.25, 0.3) is 103 Å². The number of rotatable bonds is 8. The SMILES string of the molecule is c1ccc(-c2cccc3cccc(-c4ccccc4N(c4cccc(-c5cccc6c7ccccc7n(-c7ccccc7)c56)c4)c4ccccc4-c4cccc5c4sc4ccccc45)c23)cc1. The molecule has 0 aliphatic rings. The van der Waals surface area contributed by atoms with E-state index in [1.54, 1.807) is 0 Å². The summed E-state index contributed by atoms with van der Waals surface area (Å²) in [7, 11) is 0. The number of nitrogens with zero attached hydrogens (tertiary/aromatic N) is 2. The quantitative estimate of drug-likeness (QED) is 0.148.